The summed E-state index contributed by atoms with van der Waals surface area (Å²) in [5.41, 5.74) is 4.70. The molecule has 0 bridgehead atoms. The Morgan fingerprint density at radius 3 is 2.52 bits per heavy atom. The van der Waals surface area contributed by atoms with Crippen LogP contribution in [0.15, 0.2) is 77.6 Å². The molecule has 0 aliphatic carbocycles. The number of alkyl carbamates (subject to hydrolysis) is 1. The third-order valence-corrected chi connectivity index (χ3v) is 7.27. The Morgan fingerprint density at radius 1 is 1.07 bits per heavy atom. The number of benzene rings is 1. The number of rotatable bonds is 11. The molecule has 7 nitrogen and oxygen atoms in total. The first-order chi connectivity index (χ1) is 20.1. The van der Waals surface area contributed by atoms with E-state index in [0.717, 1.165) is 31.3 Å². The van der Waals surface area contributed by atoms with Crippen LogP contribution in [0.25, 0.3) is 0 Å². The number of aliphatic hydroxyl groups excluding tert-OH is 1. The second-order valence-corrected chi connectivity index (χ2v) is 11.4. The topological polar surface area (TPSA) is 105 Å². The van der Waals surface area contributed by atoms with Crippen molar-refractivity contribution in [3.8, 4) is 5.75 Å². The number of hydrogen-bond acceptors (Lipinski definition) is 6. The molecule has 1 aliphatic heterocycles. The Labute approximate surface area is 251 Å². The predicted molar refractivity (Wildman–Crippen MR) is 168 cm³/mol. The van der Waals surface area contributed by atoms with E-state index in [1.54, 1.807) is 18.2 Å². The molecule has 0 saturated carbocycles. The summed E-state index contributed by atoms with van der Waals surface area (Å²) in [5.74, 6) is -0.799. The summed E-state index contributed by atoms with van der Waals surface area (Å²) >= 11 is 0. The highest BCUT2D eigenvalue weighted by Crippen LogP contribution is 2.26. The molecule has 1 aromatic rings. The summed E-state index contributed by atoms with van der Waals surface area (Å²) in [7, 11) is 0. The first kappa shape index (κ1) is 34.6. The number of ether oxygens (including phenoxy) is 2. The third-order valence-electron chi connectivity index (χ3n) is 7.27. The van der Waals surface area contributed by atoms with Crippen LogP contribution in [0.4, 0.5) is 4.79 Å². The van der Waals surface area contributed by atoms with Crippen molar-refractivity contribution >= 4 is 12.1 Å². The molecule has 3 unspecified atom stereocenters. The summed E-state index contributed by atoms with van der Waals surface area (Å²) in [5, 5.41) is 23.6. The molecule has 0 spiro atoms. The molecule has 1 heterocycles. The fraction of sp³-hybridized carbons (Fsp3) is 0.486. The van der Waals surface area contributed by atoms with Gasteiger partial charge in [-0.15, -0.1) is 0 Å². The summed E-state index contributed by atoms with van der Waals surface area (Å²) in [6.45, 7) is 10.6. The lowest BCUT2D eigenvalue weighted by Gasteiger charge is -2.24. The molecule has 3 atom stereocenters. The lowest BCUT2D eigenvalue weighted by atomic mass is 9.94. The number of hydrogen-bond donors (Lipinski definition) is 3. The molecule has 2 rings (SSSR count). The second kappa shape index (κ2) is 18.8. The minimum Gasteiger partial charge on any atom is -0.507 e. The number of phenols is 1. The Balaban J connectivity index is 1.85. The van der Waals surface area contributed by atoms with Gasteiger partial charge in [0.15, 0.2) is 0 Å². The van der Waals surface area contributed by atoms with Gasteiger partial charge in [0.2, 0.25) is 0 Å². The van der Waals surface area contributed by atoms with E-state index < -0.39 is 24.3 Å². The van der Waals surface area contributed by atoms with Gasteiger partial charge >= 0.3 is 12.1 Å². The van der Waals surface area contributed by atoms with Crippen molar-refractivity contribution in [3.63, 3.8) is 0 Å². The van der Waals surface area contributed by atoms with Crippen LogP contribution in [0.3, 0.4) is 0 Å². The van der Waals surface area contributed by atoms with Crippen molar-refractivity contribution in [1.82, 2.24) is 5.32 Å². The predicted octanol–water partition coefficient (Wildman–Crippen LogP) is 7.86. The molecule has 7 heteroatoms. The molecule has 42 heavy (non-hydrogen) atoms. The fourth-order valence-electron chi connectivity index (χ4n) is 4.56. The fourth-order valence-corrected chi connectivity index (χ4v) is 4.56. The van der Waals surface area contributed by atoms with E-state index in [1.165, 1.54) is 23.4 Å². The second-order valence-electron chi connectivity index (χ2n) is 11.4. The monoisotopic (exact) mass is 579 g/mol. The molecule has 0 saturated heterocycles. The maximum Gasteiger partial charge on any atom is 0.411 e. The van der Waals surface area contributed by atoms with E-state index in [1.807, 2.05) is 32.1 Å². The molecule has 1 amide bonds. The Morgan fingerprint density at radius 2 is 1.79 bits per heavy atom. The summed E-state index contributed by atoms with van der Waals surface area (Å²) in [4.78, 5) is 25.1. The van der Waals surface area contributed by atoms with Gasteiger partial charge in [0.05, 0.1) is 6.10 Å². The maximum atomic E-state index is 13.0. The van der Waals surface area contributed by atoms with Crippen molar-refractivity contribution in [3.05, 3.63) is 88.7 Å². The Bertz CT molecular complexity index is 1170. The third kappa shape index (κ3) is 13.4. The molecular weight excluding hydrogens is 530 g/mol. The zero-order valence-electron chi connectivity index (χ0n) is 25.9. The Hall–Kier alpha value is -3.58. The van der Waals surface area contributed by atoms with Crippen LogP contribution >= 0.6 is 0 Å². The number of aromatic hydroxyl groups is 1. The molecule has 3 N–H and O–H groups in total. The maximum absolute atomic E-state index is 13.0. The number of aliphatic hydroxyl groups is 1. The highest BCUT2D eigenvalue weighted by molar-refractivity contribution is 5.94. The van der Waals surface area contributed by atoms with Crippen molar-refractivity contribution in [2.75, 3.05) is 6.61 Å². The SMILES string of the molecule is CC(C)=CCC/C(C)=C/CC/C(C)=C/COC(=O)N/C=C/CC1CC(O)C(C)C/C=C/Cc2cccc(O)c2C(=O)O1. The van der Waals surface area contributed by atoms with Gasteiger partial charge < -0.3 is 19.7 Å². The van der Waals surface area contributed by atoms with Gasteiger partial charge in [-0.2, -0.15) is 0 Å². The van der Waals surface area contributed by atoms with Crippen LogP contribution in [0.2, 0.25) is 0 Å². The van der Waals surface area contributed by atoms with E-state index in [2.05, 4.69) is 38.2 Å². The van der Waals surface area contributed by atoms with Gasteiger partial charge in [-0.3, -0.25) is 5.32 Å². The van der Waals surface area contributed by atoms with E-state index in [0.29, 0.717) is 18.4 Å². The number of fused-ring (bicyclic) bond motifs is 1. The molecule has 0 aromatic heterocycles. The average molecular weight is 580 g/mol. The number of nitrogens with one attached hydrogen (secondary N) is 1. The van der Waals surface area contributed by atoms with E-state index in [9.17, 15) is 19.8 Å². The number of allylic oxidation sites excluding steroid dienone is 7. The zero-order valence-corrected chi connectivity index (χ0v) is 25.9. The standard InChI is InChI=1S/C35H49NO6/c1-25(2)12-8-13-26(3)14-9-15-27(4)21-23-41-35(40)36-22-11-19-30-24-32(38)28(5)16-6-7-17-29-18-10-20-31(37)33(29)34(39)42-30/h6-7,10-12,14,18,20-22,28,30,32,37-38H,8-9,13,15-17,19,23-24H2,1-5H3,(H,36,40)/b7-6+,22-11+,26-14+,27-21+. The van der Waals surface area contributed by atoms with E-state index >= 15 is 0 Å². The normalized spacial score (nSPS) is 21.0. The number of carbonyl (C=O) groups is 2. The van der Waals surface area contributed by atoms with Gasteiger partial charge in [0.25, 0.3) is 0 Å². The summed E-state index contributed by atoms with van der Waals surface area (Å²) in [6.07, 6.45) is 17.2. The molecule has 1 aromatic carbocycles. The van der Waals surface area contributed by atoms with Gasteiger partial charge in [-0.25, -0.2) is 9.59 Å². The largest absolute Gasteiger partial charge is 0.507 e. The van der Waals surface area contributed by atoms with Crippen molar-refractivity contribution in [2.24, 2.45) is 5.92 Å². The minimum atomic E-state index is -0.682. The number of carbonyl (C=O) groups excluding carboxylic acids is 2. The van der Waals surface area contributed by atoms with Crippen LogP contribution in [0, 0.1) is 5.92 Å². The smallest absolute Gasteiger partial charge is 0.411 e. The number of phenolic OH excluding ortho intramolecular Hbond substituents is 1. The van der Waals surface area contributed by atoms with Crippen LogP contribution < -0.4 is 5.32 Å². The number of esters is 1. The zero-order chi connectivity index (χ0) is 30.9. The van der Waals surface area contributed by atoms with Crippen LogP contribution in [0.5, 0.6) is 5.75 Å². The van der Waals surface area contributed by atoms with Crippen molar-refractivity contribution in [2.45, 2.75) is 98.2 Å². The minimum absolute atomic E-state index is 0.0216. The van der Waals surface area contributed by atoms with Crippen LogP contribution in [0.1, 0.15) is 95.5 Å². The van der Waals surface area contributed by atoms with Crippen molar-refractivity contribution in [1.29, 1.82) is 0 Å². The Kier molecular flexibility index (Phi) is 15.5. The highest BCUT2D eigenvalue weighted by Gasteiger charge is 2.25. The van der Waals surface area contributed by atoms with Crippen molar-refractivity contribution < 1.29 is 29.3 Å². The number of cyclic esters (lactones) is 1. The molecule has 230 valence electrons. The van der Waals surface area contributed by atoms with Gasteiger partial charge in [0.1, 0.15) is 24.0 Å². The molecule has 1 aliphatic rings. The lowest BCUT2D eigenvalue weighted by molar-refractivity contribution is 0.00678. The molecular formula is C35H49NO6. The average Bonchev–Trinajstić information content (AvgIpc) is 2.92. The summed E-state index contributed by atoms with van der Waals surface area (Å²) < 4.78 is 11.0. The van der Waals surface area contributed by atoms with Gasteiger partial charge in [-0.1, -0.05) is 66.2 Å². The van der Waals surface area contributed by atoms with Crippen LogP contribution in [-0.2, 0) is 15.9 Å². The van der Waals surface area contributed by atoms with E-state index in [-0.39, 0.29) is 36.7 Å². The lowest BCUT2D eigenvalue weighted by Crippen LogP contribution is -2.28. The summed E-state index contributed by atoms with van der Waals surface area (Å²) in [6, 6.07) is 4.95. The van der Waals surface area contributed by atoms with Gasteiger partial charge in [-0.05, 0) is 89.8 Å². The molecule has 0 radical (unpaired) electrons. The quantitative estimate of drug-likeness (QED) is 0.182. The number of amides is 1. The van der Waals surface area contributed by atoms with E-state index in [4.69, 9.17) is 9.47 Å². The van der Waals surface area contributed by atoms with Gasteiger partial charge in [0, 0.05) is 19.0 Å². The van der Waals surface area contributed by atoms with Crippen LogP contribution in [-0.4, -0.2) is 41.1 Å². The highest BCUT2D eigenvalue weighted by atomic mass is 16.5. The first-order valence-electron chi connectivity index (χ1n) is 14.9. The first-order valence-corrected chi connectivity index (χ1v) is 14.9. The molecule has 0 fully saturated rings.